The molecule has 50 heavy (non-hydrogen) atoms. The molecule has 1 unspecified atom stereocenters. The van der Waals surface area contributed by atoms with Gasteiger partial charge < -0.3 is 20.9 Å². The van der Waals surface area contributed by atoms with Crippen molar-refractivity contribution >= 4 is 33.6 Å². The molecule has 0 bridgehead atoms. The lowest BCUT2D eigenvalue weighted by molar-refractivity contribution is 0.356. The first-order valence-corrected chi connectivity index (χ1v) is 19.5. The number of hydrogen-bond acceptors (Lipinski definition) is 9. The van der Waals surface area contributed by atoms with E-state index in [-0.39, 0.29) is 11.5 Å². The van der Waals surface area contributed by atoms with Gasteiger partial charge in [-0.2, -0.15) is 5.26 Å². The number of nitrogens with two attached hydrogens (primary N) is 1. The topological polar surface area (TPSA) is 118 Å². The van der Waals surface area contributed by atoms with Crippen molar-refractivity contribution in [3.8, 4) is 18.9 Å². The van der Waals surface area contributed by atoms with Crippen molar-refractivity contribution in [1.29, 1.82) is 10.7 Å². The average molecular weight is 697 g/mol. The molecule has 3 aliphatic rings. The third-order valence-electron chi connectivity index (χ3n) is 11.5. The largest absolute Gasteiger partial charge is 0.389 e. The highest BCUT2D eigenvalue weighted by molar-refractivity contribution is 7.16. The van der Waals surface area contributed by atoms with Crippen molar-refractivity contribution in [3.63, 3.8) is 0 Å². The number of rotatable bonds is 14. The van der Waals surface area contributed by atoms with Gasteiger partial charge in [-0.3, -0.25) is 5.41 Å². The van der Waals surface area contributed by atoms with E-state index in [0.29, 0.717) is 33.9 Å². The van der Waals surface area contributed by atoms with Crippen LogP contribution in [0, 0.1) is 41.4 Å². The van der Waals surface area contributed by atoms with E-state index in [1.54, 1.807) is 11.3 Å². The molecule has 270 valence electrons. The van der Waals surface area contributed by atoms with E-state index in [0.717, 1.165) is 104 Å². The van der Waals surface area contributed by atoms with Gasteiger partial charge in [0, 0.05) is 23.4 Å². The maximum atomic E-state index is 10.0. The second kappa shape index (κ2) is 17.0. The summed E-state index contributed by atoms with van der Waals surface area (Å²) in [5.74, 6) is 3.68. The lowest BCUT2D eigenvalue weighted by Gasteiger charge is -2.37. The molecular weight excluding hydrogens is 637 g/mol. The molecule has 0 amide bonds. The summed E-state index contributed by atoms with van der Waals surface area (Å²) in [5.41, 5.74) is 12.7. The molecule has 8 nitrogen and oxygen atoms in total. The first-order valence-electron chi connectivity index (χ1n) is 18.7. The van der Waals surface area contributed by atoms with Crippen molar-refractivity contribution in [2.75, 3.05) is 36.2 Å². The summed E-state index contributed by atoms with van der Waals surface area (Å²) in [7, 11) is 4.15. The van der Waals surface area contributed by atoms with Gasteiger partial charge in [0.05, 0.1) is 11.3 Å². The number of aromatic nitrogens is 2. The van der Waals surface area contributed by atoms with Gasteiger partial charge in [-0.25, -0.2) is 9.97 Å². The summed E-state index contributed by atoms with van der Waals surface area (Å²) >= 11 is 1.57. The molecule has 3 heterocycles. The molecule has 0 spiro atoms. The van der Waals surface area contributed by atoms with Crippen LogP contribution in [0.2, 0.25) is 0 Å². The standard InChI is InChI=1S/C39H58N8S.C2H2/c1-9-14-29(25(4)28-15-13-16-32-33(28)30(22-40)36(42)48-32)34(41)37-44-31(18-17-24(3)21-27(10-2)23-43-7)35-38(45-37)47(26(5)46(35)8)39(6)19-11-12-20-39;1-2/h24,27-28,41,43H,5,9-21,23,42H2,1-4,6-8H3;1-2H/b29-25+,41-34?;/t24-,27-,28?;/m1./s1. The number of nitrogens with one attached hydrogen (secondary N) is 2. The molecular formula is C41H60N8S. The number of allylic oxidation sites excluding steroid dienone is 2. The summed E-state index contributed by atoms with van der Waals surface area (Å²) < 4.78 is 0. The van der Waals surface area contributed by atoms with Crippen LogP contribution in [0.4, 0.5) is 16.5 Å². The van der Waals surface area contributed by atoms with Crippen molar-refractivity contribution < 1.29 is 0 Å². The second-order valence-corrected chi connectivity index (χ2v) is 16.1. The van der Waals surface area contributed by atoms with Crippen LogP contribution >= 0.6 is 11.3 Å². The minimum atomic E-state index is -0.0560. The summed E-state index contributed by atoms with van der Waals surface area (Å²) in [6.45, 7) is 17.0. The Bertz CT molecular complexity index is 1640. The fourth-order valence-electron chi connectivity index (χ4n) is 8.69. The second-order valence-electron chi connectivity index (χ2n) is 14.9. The van der Waals surface area contributed by atoms with Gasteiger partial charge in [0.2, 0.25) is 0 Å². The van der Waals surface area contributed by atoms with Crippen LogP contribution in [0.1, 0.15) is 139 Å². The number of nitriles is 1. The van der Waals surface area contributed by atoms with Gasteiger partial charge in [0.1, 0.15) is 28.3 Å². The maximum absolute atomic E-state index is 10.0. The Hall–Kier alpha value is -3.66. The third kappa shape index (κ3) is 7.65. The van der Waals surface area contributed by atoms with Crippen LogP contribution in [-0.4, -0.2) is 41.9 Å². The van der Waals surface area contributed by atoms with Crippen LogP contribution in [0.5, 0.6) is 0 Å². The smallest absolute Gasteiger partial charge is 0.180 e. The minimum absolute atomic E-state index is 0.0560. The van der Waals surface area contributed by atoms with E-state index in [9.17, 15) is 10.7 Å². The van der Waals surface area contributed by atoms with Crippen LogP contribution in [-0.2, 0) is 12.8 Å². The van der Waals surface area contributed by atoms with E-state index < -0.39 is 0 Å². The quantitative estimate of drug-likeness (QED) is 0.133. The minimum Gasteiger partial charge on any atom is -0.389 e. The van der Waals surface area contributed by atoms with Crippen molar-refractivity contribution in [2.24, 2.45) is 11.8 Å². The van der Waals surface area contributed by atoms with Gasteiger partial charge in [0.25, 0.3) is 0 Å². The molecule has 2 aromatic rings. The lowest BCUT2D eigenvalue weighted by Crippen LogP contribution is -2.44. The van der Waals surface area contributed by atoms with Gasteiger partial charge in [-0.05, 0) is 108 Å². The monoisotopic (exact) mass is 696 g/mol. The lowest BCUT2D eigenvalue weighted by atomic mass is 9.78. The van der Waals surface area contributed by atoms with E-state index in [1.807, 2.05) is 7.05 Å². The Kier molecular flexibility index (Phi) is 13.3. The Balaban J connectivity index is 0.00000276. The van der Waals surface area contributed by atoms with E-state index in [4.69, 9.17) is 15.7 Å². The zero-order valence-corrected chi connectivity index (χ0v) is 32.5. The Morgan fingerprint density at radius 1 is 1.24 bits per heavy atom. The molecule has 9 heteroatoms. The molecule has 4 N–H and O–H groups in total. The maximum Gasteiger partial charge on any atom is 0.180 e. The molecule has 5 rings (SSSR count). The number of nitrogen functional groups attached to an aromatic ring is 1. The predicted octanol–water partition coefficient (Wildman–Crippen LogP) is 9.11. The fourth-order valence-corrected chi connectivity index (χ4v) is 9.82. The summed E-state index contributed by atoms with van der Waals surface area (Å²) in [5, 5.41) is 23.8. The zero-order valence-electron chi connectivity index (χ0n) is 31.7. The SMILES string of the molecule is C#C.C=C1N(C)c2c(CC[C@@H](C)C[C@@H](CC)CNC)nc(C(=N)/C(CCC)=C(\C)C3CCCc4sc(N)c(C#N)c43)nc2N1C1(C)CCCC1. The van der Waals surface area contributed by atoms with E-state index in [2.05, 4.69) is 82.3 Å². The molecule has 2 aromatic heterocycles. The molecule has 1 saturated carbocycles. The number of nitrogens with zero attached hydrogens (tertiary/aromatic N) is 5. The number of aryl methyl sites for hydroxylation is 2. The van der Waals surface area contributed by atoms with Crippen LogP contribution in [0.15, 0.2) is 23.5 Å². The molecule has 1 fully saturated rings. The average Bonchev–Trinajstić information content (AvgIpc) is 3.78. The first-order chi connectivity index (χ1) is 24.0. The summed E-state index contributed by atoms with van der Waals surface area (Å²) in [4.78, 5) is 16.4. The molecule has 0 saturated heterocycles. The van der Waals surface area contributed by atoms with Crippen LogP contribution in [0.3, 0.4) is 0 Å². The van der Waals surface area contributed by atoms with Crippen molar-refractivity contribution in [3.05, 3.63) is 51.1 Å². The van der Waals surface area contributed by atoms with Gasteiger partial charge in [0.15, 0.2) is 11.6 Å². The Labute approximate surface area is 306 Å². The fraction of sp³-hybridized carbons (Fsp3) is 0.610. The number of anilines is 3. The number of thiophene rings is 1. The predicted molar refractivity (Wildman–Crippen MR) is 212 cm³/mol. The van der Waals surface area contributed by atoms with E-state index >= 15 is 0 Å². The highest BCUT2D eigenvalue weighted by Crippen LogP contribution is 2.50. The highest BCUT2D eigenvalue weighted by Gasteiger charge is 2.45. The normalized spacial score (nSPS) is 19.5. The van der Waals surface area contributed by atoms with E-state index in [1.165, 1.54) is 30.6 Å². The Morgan fingerprint density at radius 2 is 1.94 bits per heavy atom. The van der Waals surface area contributed by atoms with Crippen LogP contribution < -0.4 is 20.9 Å². The van der Waals surface area contributed by atoms with Crippen molar-refractivity contribution in [2.45, 2.75) is 130 Å². The number of fused-ring (bicyclic) bond motifs is 2. The zero-order chi connectivity index (χ0) is 36.7. The first kappa shape index (κ1) is 39.1. The Morgan fingerprint density at radius 3 is 2.56 bits per heavy atom. The molecule has 0 radical (unpaired) electrons. The molecule has 2 aliphatic carbocycles. The molecule has 3 atom stereocenters. The third-order valence-corrected chi connectivity index (χ3v) is 12.6. The summed E-state index contributed by atoms with van der Waals surface area (Å²) in [6.07, 6.45) is 21.5. The van der Waals surface area contributed by atoms with Gasteiger partial charge >= 0.3 is 0 Å². The molecule has 0 aromatic carbocycles. The highest BCUT2D eigenvalue weighted by atomic mass is 32.1. The summed E-state index contributed by atoms with van der Waals surface area (Å²) in [6, 6.07) is 2.41. The number of hydrogen-bond donors (Lipinski definition) is 3. The van der Waals surface area contributed by atoms with Gasteiger partial charge in [-0.15, -0.1) is 24.2 Å². The van der Waals surface area contributed by atoms with Crippen LogP contribution in [0.25, 0.3) is 0 Å². The number of terminal acetylenes is 1. The molecule has 1 aliphatic heterocycles. The van der Waals surface area contributed by atoms with Gasteiger partial charge in [-0.1, -0.05) is 58.6 Å². The van der Waals surface area contributed by atoms with Crippen molar-refractivity contribution in [1.82, 2.24) is 15.3 Å².